The summed E-state index contributed by atoms with van der Waals surface area (Å²) in [6, 6.07) is 9.67. The van der Waals surface area contributed by atoms with Crippen molar-refractivity contribution in [2.75, 3.05) is 0 Å². The summed E-state index contributed by atoms with van der Waals surface area (Å²) >= 11 is 1.48. The summed E-state index contributed by atoms with van der Waals surface area (Å²) in [7, 11) is 0. The molecular weight excluding hydrogens is 170 g/mol. The highest BCUT2D eigenvalue weighted by atomic mass is 32.1. The van der Waals surface area contributed by atoms with Gasteiger partial charge in [0.25, 0.3) is 0 Å². The lowest BCUT2D eigenvalue weighted by Gasteiger charge is -1.99. The molecule has 0 bridgehead atoms. The summed E-state index contributed by atoms with van der Waals surface area (Å²) in [5.41, 5.74) is 1.75. The van der Waals surface area contributed by atoms with Gasteiger partial charge in [-0.25, -0.2) is 4.98 Å². The number of rotatable bonds is 2. The zero-order chi connectivity index (χ0) is 8.23. The molecule has 0 unspecified atom stereocenters. The highest BCUT2D eigenvalue weighted by Gasteiger charge is 1.95. The van der Waals surface area contributed by atoms with E-state index in [1.165, 1.54) is 11.3 Å². The molecule has 2 rings (SSSR count). The maximum atomic E-state index is 5.47. The van der Waals surface area contributed by atoms with E-state index in [4.69, 9.17) is 4.74 Å². The van der Waals surface area contributed by atoms with Crippen molar-refractivity contribution < 1.29 is 4.74 Å². The van der Waals surface area contributed by atoms with Crippen LogP contribution >= 0.6 is 11.3 Å². The van der Waals surface area contributed by atoms with Crippen molar-refractivity contribution >= 4 is 11.3 Å². The van der Waals surface area contributed by atoms with E-state index in [9.17, 15) is 0 Å². The van der Waals surface area contributed by atoms with E-state index in [0.717, 1.165) is 10.8 Å². The van der Waals surface area contributed by atoms with Crippen molar-refractivity contribution in [1.82, 2.24) is 4.98 Å². The molecule has 0 N–H and O–H groups in total. The molecule has 0 aliphatic rings. The standard InChI is InChI=1S/C9H7NOS/c1-2-4-8(5-3-1)11-9-6-10-7-12-9/h1-7H. The molecule has 12 heavy (non-hydrogen) atoms. The lowest BCUT2D eigenvalue weighted by atomic mass is 10.3. The Morgan fingerprint density at radius 2 is 2.00 bits per heavy atom. The number of benzene rings is 1. The van der Waals surface area contributed by atoms with Crippen molar-refractivity contribution in [2.45, 2.75) is 0 Å². The number of aromatic nitrogens is 1. The van der Waals surface area contributed by atoms with Crippen molar-refractivity contribution in [3.63, 3.8) is 0 Å². The molecule has 2 nitrogen and oxygen atoms in total. The van der Waals surface area contributed by atoms with Crippen LogP contribution in [0.3, 0.4) is 0 Å². The fourth-order valence-corrected chi connectivity index (χ4v) is 1.35. The molecule has 0 spiro atoms. The van der Waals surface area contributed by atoms with Crippen LogP contribution in [0.4, 0.5) is 0 Å². The zero-order valence-electron chi connectivity index (χ0n) is 6.31. The molecule has 0 aliphatic heterocycles. The predicted molar refractivity (Wildman–Crippen MR) is 48.6 cm³/mol. The van der Waals surface area contributed by atoms with Crippen LogP contribution in [0.15, 0.2) is 42.0 Å². The second-order valence-electron chi connectivity index (χ2n) is 2.24. The first-order chi connectivity index (χ1) is 5.95. The molecule has 0 saturated heterocycles. The average molecular weight is 177 g/mol. The number of ether oxygens (including phenoxy) is 1. The first-order valence-electron chi connectivity index (χ1n) is 3.56. The third kappa shape index (κ3) is 1.62. The molecule has 60 valence electrons. The van der Waals surface area contributed by atoms with E-state index in [-0.39, 0.29) is 0 Å². The van der Waals surface area contributed by atoms with E-state index in [0.29, 0.717) is 0 Å². The molecule has 2 aromatic rings. The van der Waals surface area contributed by atoms with Gasteiger partial charge in [-0.15, -0.1) is 0 Å². The number of hydrogen-bond donors (Lipinski definition) is 0. The molecule has 0 fully saturated rings. The summed E-state index contributed by atoms with van der Waals surface area (Å²) in [4.78, 5) is 3.91. The Kier molecular flexibility index (Phi) is 2.05. The number of para-hydroxylation sites is 1. The van der Waals surface area contributed by atoms with Gasteiger partial charge < -0.3 is 4.74 Å². The summed E-state index contributed by atoms with van der Waals surface area (Å²) in [6.07, 6.45) is 1.71. The molecule has 1 aromatic heterocycles. The van der Waals surface area contributed by atoms with E-state index >= 15 is 0 Å². The van der Waals surface area contributed by atoms with Crippen LogP contribution in [0, 0.1) is 0 Å². The van der Waals surface area contributed by atoms with Crippen molar-refractivity contribution in [2.24, 2.45) is 0 Å². The van der Waals surface area contributed by atoms with E-state index < -0.39 is 0 Å². The van der Waals surface area contributed by atoms with Gasteiger partial charge >= 0.3 is 0 Å². The van der Waals surface area contributed by atoms with Gasteiger partial charge in [-0.2, -0.15) is 0 Å². The Labute approximate surface area is 74.5 Å². The topological polar surface area (TPSA) is 22.1 Å². The first-order valence-corrected chi connectivity index (χ1v) is 4.44. The molecule has 0 radical (unpaired) electrons. The molecule has 1 aromatic carbocycles. The zero-order valence-corrected chi connectivity index (χ0v) is 7.12. The van der Waals surface area contributed by atoms with Gasteiger partial charge in [0.15, 0.2) is 0 Å². The summed E-state index contributed by atoms with van der Waals surface area (Å²) in [6.45, 7) is 0. The number of nitrogens with zero attached hydrogens (tertiary/aromatic N) is 1. The molecule has 0 amide bonds. The van der Waals surface area contributed by atoms with E-state index in [1.807, 2.05) is 30.3 Å². The summed E-state index contributed by atoms with van der Waals surface area (Å²) < 4.78 is 5.47. The maximum absolute atomic E-state index is 5.47. The first kappa shape index (κ1) is 7.31. The van der Waals surface area contributed by atoms with Crippen molar-refractivity contribution in [3.8, 4) is 10.8 Å². The van der Waals surface area contributed by atoms with Gasteiger partial charge in [0.1, 0.15) is 5.75 Å². The Morgan fingerprint density at radius 3 is 2.67 bits per heavy atom. The van der Waals surface area contributed by atoms with E-state index in [2.05, 4.69) is 4.98 Å². The van der Waals surface area contributed by atoms with E-state index in [1.54, 1.807) is 11.7 Å². The van der Waals surface area contributed by atoms with Crippen LogP contribution in [0.2, 0.25) is 0 Å². The van der Waals surface area contributed by atoms with Gasteiger partial charge in [0.05, 0.1) is 11.7 Å². The van der Waals surface area contributed by atoms with Gasteiger partial charge in [0.2, 0.25) is 5.06 Å². The van der Waals surface area contributed by atoms with Crippen LogP contribution < -0.4 is 4.74 Å². The molecular formula is C9H7NOS. The van der Waals surface area contributed by atoms with Crippen LogP contribution in [-0.2, 0) is 0 Å². The molecule has 0 saturated carbocycles. The Hall–Kier alpha value is -1.35. The lowest BCUT2D eigenvalue weighted by Crippen LogP contribution is -1.78. The molecule has 0 atom stereocenters. The summed E-state index contributed by atoms with van der Waals surface area (Å²) in [5.74, 6) is 0.849. The third-order valence-corrected chi connectivity index (χ3v) is 2.02. The van der Waals surface area contributed by atoms with Crippen LogP contribution in [0.25, 0.3) is 0 Å². The van der Waals surface area contributed by atoms with Gasteiger partial charge in [-0.3, -0.25) is 0 Å². The fraction of sp³-hybridized carbons (Fsp3) is 0. The highest BCUT2D eigenvalue weighted by molar-refractivity contribution is 7.11. The predicted octanol–water partition coefficient (Wildman–Crippen LogP) is 2.94. The number of thiazole rings is 1. The SMILES string of the molecule is c1ccc(Oc2cncs2)cc1. The van der Waals surface area contributed by atoms with Gasteiger partial charge in [0, 0.05) is 0 Å². The highest BCUT2D eigenvalue weighted by Crippen LogP contribution is 2.23. The maximum Gasteiger partial charge on any atom is 0.200 e. The lowest BCUT2D eigenvalue weighted by molar-refractivity contribution is 0.495. The van der Waals surface area contributed by atoms with Gasteiger partial charge in [-0.05, 0) is 12.1 Å². The van der Waals surface area contributed by atoms with Crippen molar-refractivity contribution in [3.05, 3.63) is 42.0 Å². The van der Waals surface area contributed by atoms with Crippen molar-refractivity contribution in [1.29, 1.82) is 0 Å². The second kappa shape index (κ2) is 3.36. The minimum atomic E-state index is 0.821. The fourth-order valence-electron chi connectivity index (χ4n) is 0.859. The van der Waals surface area contributed by atoms with Crippen LogP contribution in [0.1, 0.15) is 0 Å². The van der Waals surface area contributed by atoms with Crippen LogP contribution in [0.5, 0.6) is 10.8 Å². The third-order valence-electron chi connectivity index (χ3n) is 1.37. The van der Waals surface area contributed by atoms with Crippen LogP contribution in [-0.4, -0.2) is 4.98 Å². The molecule has 3 heteroatoms. The largest absolute Gasteiger partial charge is 0.445 e. The number of hydrogen-bond acceptors (Lipinski definition) is 3. The quantitative estimate of drug-likeness (QED) is 0.703. The molecule has 1 heterocycles. The second-order valence-corrected chi connectivity index (χ2v) is 3.08. The normalized spacial score (nSPS) is 9.67. The minimum absolute atomic E-state index is 0.821. The Bertz CT molecular complexity index is 331. The molecule has 0 aliphatic carbocycles. The Morgan fingerprint density at radius 1 is 1.17 bits per heavy atom. The monoisotopic (exact) mass is 177 g/mol. The Balaban J connectivity index is 2.15. The smallest absolute Gasteiger partial charge is 0.200 e. The average Bonchev–Trinajstić information content (AvgIpc) is 2.59. The summed E-state index contributed by atoms with van der Waals surface area (Å²) in [5, 5.41) is 0.821. The van der Waals surface area contributed by atoms with Gasteiger partial charge in [-0.1, -0.05) is 29.5 Å². The minimum Gasteiger partial charge on any atom is -0.445 e.